The molecule has 0 amide bonds. The number of hydrogen-bond donors (Lipinski definition) is 2. The van der Waals surface area contributed by atoms with E-state index in [1.807, 2.05) is 18.7 Å². The molecular formula is C14H22IN5S. The molecule has 0 aliphatic rings. The minimum absolute atomic E-state index is 0. The summed E-state index contributed by atoms with van der Waals surface area (Å²) in [6, 6.07) is 2.11. The highest BCUT2D eigenvalue weighted by molar-refractivity contribution is 14.0. The molecule has 0 fully saturated rings. The lowest BCUT2D eigenvalue weighted by molar-refractivity contribution is 0.728. The Balaban J connectivity index is 0.00000220. The number of rotatable bonds is 4. The maximum absolute atomic E-state index is 4.42. The van der Waals surface area contributed by atoms with Crippen LogP contribution in [-0.2, 0) is 20.1 Å². The zero-order chi connectivity index (χ0) is 14.5. The first-order valence-corrected chi connectivity index (χ1v) is 7.50. The van der Waals surface area contributed by atoms with Gasteiger partial charge in [0.15, 0.2) is 5.96 Å². The molecule has 116 valence electrons. The molecule has 0 aliphatic heterocycles. The van der Waals surface area contributed by atoms with Crippen LogP contribution in [0.4, 0.5) is 0 Å². The normalized spacial score (nSPS) is 11.1. The quantitative estimate of drug-likeness (QED) is 0.455. The number of aromatic nitrogens is 2. The van der Waals surface area contributed by atoms with Gasteiger partial charge in [-0.1, -0.05) is 0 Å². The summed E-state index contributed by atoms with van der Waals surface area (Å²) in [6.45, 7) is 5.63. The second kappa shape index (κ2) is 8.38. The van der Waals surface area contributed by atoms with Crippen molar-refractivity contribution < 1.29 is 0 Å². The maximum atomic E-state index is 4.42. The van der Waals surface area contributed by atoms with E-state index in [0.717, 1.165) is 24.7 Å². The van der Waals surface area contributed by atoms with Gasteiger partial charge in [-0.2, -0.15) is 16.4 Å². The molecule has 2 aromatic rings. The Bertz CT molecular complexity index is 589. The molecule has 5 nitrogen and oxygen atoms in total. The molecule has 0 aromatic carbocycles. The molecule has 0 unspecified atom stereocenters. The monoisotopic (exact) mass is 419 g/mol. The van der Waals surface area contributed by atoms with E-state index in [2.05, 4.69) is 44.5 Å². The van der Waals surface area contributed by atoms with Crippen LogP contribution in [0.2, 0.25) is 0 Å². The summed E-state index contributed by atoms with van der Waals surface area (Å²) in [5, 5.41) is 15.3. The molecule has 21 heavy (non-hydrogen) atoms. The van der Waals surface area contributed by atoms with Gasteiger partial charge < -0.3 is 10.6 Å². The van der Waals surface area contributed by atoms with E-state index in [1.165, 1.54) is 16.8 Å². The van der Waals surface area contributed by atoms with Crippen molar-refractivity contribution in [1.82, 2.24) is 20.4 Å². The smallest absolute Gasteiger partial charge is 0.191 e. The zero-order valence-electron chi connectivity index (χ0n) is 12.8. The van der Waals surface area contributed by atoms with Crippen LogP contribution in [0, 0.1) is 13.8 Å². The van der Waals surface area contributed by atoms with Gasteiger partial charge in [0.25, 0.3) is 0 Å². The number of nitrogens with zero attached hydrogens (tertiary/aromatic N) is 3. The molecule has 2 N–H and O–H groups in total. The number of guanidine groups is 1. The van der Waals surface area contributed by atoms with Crippen LogP contribution in [-0.4, -0.2) is 22.8 Å². The van der Waals surface area contributed by atoms with E-state index < -0.39 is 0 Å². The second-order valence-corrected chi connectivity index (χ2v) is 5.46. The van der Waals surface area contributed by atoms with Crippen molar-refractivity contribution in [3.8, 4) is 0 Å². The van der Waals surface area contributed by atoms with E-state index in [4.69, 9.17) is 0 Å². The maximum Gasteiger partial charge on any atom is 0.191 e. The highest BCUT2D eigenvalue weighted by atomic mass is 127. The average molecular weight is 419 g/mol. The molecule has 0 radical (unpaired) electrons. The average Bonchev–Trinajstić information content (AvgIpc) is 3.02. The Kier molecular flexibility index (Phi) is 7.16. The molecule has 0 spiro atoms. The summed E-state index contributed by atoms with van der Waals surface area (Å²) >= 11 is 1.70. The van der Waals surface area contributed by atoms with Crippen molar-refractivity contribution in [3.05, 3.63) is 39.3 Å². The zero-order valence-corrected chi connectivity index (χ0v) is 16.0. The molecule has 2 aromatic heterocycles. The van der Waals surface area contributed by atoms with Gasteiger partial charge in [0.2, 0.25) is 0 Å². The molecular weight excluding hydrogens is 397 g/mol. The molecule has 2 rings (SSSR count). The van der Waals surface area contributed by atoms with Crippen molar-refractivity contribution in [3.63, 3.8) is 0 Å². The van der Waals surface area contributed by atoms with Gasteiger partial charge in [-0.05, 0) is 36.2 Å². The fraction of sp³-hybridized carbons (Fsp3) is 0.429. The lowest BCUT2D eigenvalue weighted by Crippen LogP contribution is -2.36. The van der Waals surface area contributed by atoms with Crippen LogP contribution in [0.3, 0.4) is 0 Å². The predicted octanol–water partition coefficient (Wildman–Crippen LogP) is 2.58. The third-order valence-corrected chi connectivity index (χ3v) is 4.09. The van der Waals surface area contributed by atoms with Crippen LogP contribution in [0.1, 0.15) is 22.5 Å². The van der Waals surface area contributed by atoms with Crippen molar-refractivity contribution in [2.45, 2.75) is 26.9 Å². The molecule has 0 atom stereocenters. The minimum atomic E-state index is 0. The van der Waals surface area contributed by atoms with Gasteiger partial charge in [0.1, 0.15) is 0 Å². The van der Waals surface area contributed by atoms with Crippen molar-refractivity contribution >= 4 is 41.3 Å². The van der Waals surface area contributed by atoms with Crippen LogP contribution < -0.4 is 10.6 Å². The molecule has 0 saturated carbocycles. The van der Waals surface area contributed by atoms with E-state index in [9.17, 15) is 0 Å². The third-order valence-electron chi connectivity index (χ3n) is 3.36. The fourth-order valence-corrected chi connectivity index (χ4v) is 2.71. The van der Waals surface area contributed by atoms with Gasteiger partial charge in [0.05, 0.1) is 5.69 Å². The SMILES string of the molecule is CN=C(NCc1ccsc1)NCc1c(C)nn(C)c1C.I. The summed E-state index contributed by atoms with van der Waals surface area (Å²) in [5.41, 5.74) is 4.74. The fourth-order valence-electron chi connectivity index (χ4n) is 2.05. The van der Waals surface area contributed by atoms with Gasteiger partial charge in [-0.3, -0.25) is 9.67 Å². The summed E-state index contributed by atoms with van der Waals surface area (Å²) < 4.78 is 1.91. The van der Waals surface area contributed by atoms with Crippen LogP contribution in [0.5, 0.6) is 0 Å². The first kappa shape index (κ1) is 18.0. The van der Waals surface area contributed by atoms with Crippen molar-refractivity contribution in [2.75, 3.05) is 7.05 Å². The van der Waals surface area contributed by atoms with Crippen LogP contribution in [0.15, 0.2) is 21.8 Å². The first-order valence-electron chi connectivity index (χ1n) is 6.56. The third kappa shape index (κ3) is 4.70. The Morgan fingerprint density at radius 1 is 1.33 bits per heavy atom. The summed E-state index contributed by atoms with van der Waals surface area (Å²) in [5.74, 6) is 0.804. The second-order valence-electron chi connectivity index (χ2n) is 4.68. The van der Waals surface area contributed by atoms with Gasteiger partial charge in [-0.25, -0.2) is 0 Å². The van der Waals surface area contributed by atoms with Crippen molar-refractivity contribution in [1.29, 1.82) is 0 Å². The van der Waals surface area contributed by atoms with E-state index >= 15 is 0 Å². The number of nitrogens with one attached hydrogen (secondary N) is 2. The Morgan fingerprint density at radius 3 is 2.57 bits per heavy atom. The number of hydrogen-bond acceptors (Lipinski definition) is 3. The highest BCUT2D eigenvalue weighted by Crippen LogP contribution is 2.11. The van der Waals surface area contributed by atoms with E-state index in [0.29, 0.717) is 0 Å². The van der Waals surface area contributed by atoms with Gasteiger partial charge in [-0.15, -0.1) is 24.0 Å². The number of thiophene rings is 1. The lowest BCUT2D eigenvalue weighted by Gasteiger charge is -2.11. The van der Waals surface area contributed by atoms with Crippen molar-refractivity contribution in [2.24, 2.45) is 12.0 Å². The first-order chi connectivity index (χ1) is 9.61. The number of aryl methyl sites for hydroxylation is 2. The Labute approximate surface area is 146 Å². The minimum Gasteiger partial charge on any atom is -0.352 e. The molecule has 0 saturated heterocycles. The topological polar surface area (TPSA) is 54.2 Å². The number of halogens is 1. The van der Waals surface area contributed by atoms with Gasteiger partial charge >= 0.3 is 0 Å². The molecule has 7 heteroatoms. The van der Waals surface area contributed by atoms with E-state index in [-0.39, 0.29) is 24.0 Å². The molecule has 0 aliphatic carbocycles. The largest absolute Gasteiger partial charge is 0.352 e. The standard InChI is InChI=1S/C14H21N5S.HI/c1-10-13(11(2)19(4)18-10)8-17-14(15-3)16-7-12-5-6-20-9-12;/h5-6,9H,7-8H2,1-4H3,(H2,15,16,17);1H. The molecule has 0 bridgehead atoms. The highest BCUT2D eigenvalue weighted by Gasteiger charge is 2.09. The summed E-state index contributed by atoms with van der Waals surface area (Å²) in [6.07, 6.45) is 0. The molecule has 2 heterocycles. The van der Waals surface area contributed by atoms with Gasteiger partial charge in [0, 0.05) is 38.4 Å². The number of aliphatic imine (C=N–C) groups is 1. The lowest BCUT2D eigenvalue weighted by atomic mass is 10.2. The van der Waals surface area contributed by atoms with E-state index in [1.54, 1.807) is 18.4 Å². The van der Waals surface area contributed by atoms with Crippen LogP contribution >= 0.6 is 35.3 Å². The predicted molar refractivity (Wildman–Crippen MR) is 99.5 cm³/mol. The van der Waals surface area contributed by atoms with Crippen LogP contribution in [0.25, 0.3) is 0 Å². The Morgan fingerprint density at radius 2 is 2.05 bits per heavy atom. The summed E-state index contributed by atoms with van der Waals surface area (Å²) in [7, 11) is 3.75. The Hall–Kier alpha value is -1.09. The summed E-state index contributed by atoms with van der Waals surface area (Å²) in [4.78, 5) is 4.24.